The second-order valence-corrected chi connectivity index (χ2v) is 6.24. The van der Waals surface area contributed by atoms with Gasteiger partial charge in [0.15, 0.2) is 0 Å². The molecule has 0 aromatic rings. The summed E-state index contributed by atoms with van der Waals surface area (Å²) in [5.74, 6) is 2.49. The monoisotopic (exact) mass is 247 g/mol. The highest BCUT2D eigenvalue weighted by atomic mass is 32.2. The molecule has 96 valence electrons. The summed E-state index contributed by atoms with van der Waals surface area (Å²) in [6.07, 6.45) is 1.45. The normalized spacial score (nSPS) is 26.6. The molecule has 0 spiro atoms. The molecule has 0 amide bonds. The summed E-state index contributed by atoms with van der Waals surface area (Å²) >= 11 is 2.04. The average Bonchev–Trinajstić information content (AvgIpc) is 2.25. The van der Waals surface area contributed by atoms with Gasteiger partial charge in [0.1, 0.15) is 0 Å². The Morgan fingerprint density at radius 1 is 1.44 bits per heavy atom. The predicted octanol–water partition coefficient (Wildman–Crippen LogP) is 1.77. The number of methoxy groups -OCH3 is 2. The largest absolute Gasteiger partial charge is 0.382 e. The van der Waals surface area contributed by atoms with Gasteiger partial charge in [0.05, 0.1) is 12.7 Å². The van der Waals surface area contributed by atoms with E-state index in [-0.39, 0.29) is 6.10 Å². The van der Waals surface area contributed by atoms with E-state index in [2.05, 4.69) is 19.2 Å². The topological polar surface area (TPSA) is 30.5 Å². The van der Waals surface area contributed by atoms with Crippen LogP contribution in [0.5, 0.6) is 0 Å². The lowest BCUT2D eigenvalue weighted by Crippen LogP contribution is -2.49. The van der Waals surface area contributed by atoms with Crippen LogP contribution in [0, 0.1) is 5.41 Å². The lowest BCUT2D eigenvalue weighted by Gasteiger charge is -2.39. The third kappa shape index (κ3) is 4.24. The maximum atomic E-state index is 5.36. The first-order chi connectivity index (χ1) is 7.60. The Bertz CT molecular complexity index is 199. The zero-order chi connectivity index (χ0) is 12.0. The van der Waals surface area contributed by atoms with E-state index < -0.39 is 0 Å². The standard InChI is InChI=1S/C12H25NO2S/c1-12(2)5-6-16-9-11(12)13-7-10(15-4)8-14-3/h10-11,13H,5-9H2,1-4H3. The van der Waals surface area contributed by atoms with E-state index in [1.54, 1.807) is 14.2 Å². The van der Waals surface area contributed by atoms with Gasteiger partial charge in [-0.25, -0.2) is 0 Å². The summed E-state index contributed by atoms with van der Waals surface area (Å²) in [7, 11) is 3.46. The van der Waals surface area contributed by atoms with Gasteiger partial charge in [0.25, 0.3) is 0 Å². The molecule has 4 heteroatoms. The fraction of sp³-hybridized carbons (Fsp3) is 1.00. The van der Waals surface area contributed by atoms with E-state index >= 15 is 0 Å². The molecule has 1 rings (SSSR count). The number of hydrogen-bond acceptors (Lipinski definition) is 4. The molecule has 0 saturated carbocycles. The summed E-state index contributed by atoms with van der Waals surface area (Å²) in [5, 5.41) is 3.62. The second kappa shape index (κ2) is 6.84. The molecule has 1 aliphatic heterocycles. The van der Waals surface area contributed by atoms with E-state index in [0.717, 1.165) is 6.54 Å². The smallest absolute Gasteiger partial charge is 0.0928 e. The maximum absolute atomic E-state index is 5.36. The van der Waals surface area contributed by atoms with E-state index in [9.17, 15) is 0 Å². The van der Waals surface area contributed by atoms with Gasteiger partial charge in [-0.3, -0.25) is 0 Å². The van der Waals surface area contributed by atoms with Crippen LogP contribution in [0.25, 0.3) is 0 Å². The Balaban J connectivity index is 2.34. The van der Waals surface area contributed by atoms with Gasteiger partial charge in [0.2, 0.25) is 0 Å². The van der Waals surface area contributed by atoms with Gasteiger partial charge < -0.3 is 14.8 Å². The molecule has 0 aromatic heterocycles. The molecular weight excluding hydrogens is 222 g/mol. The summed E-state index contributed by atoms with van der Waals surface area (Å²) in [5.41, 5.74) is 0.399. The highest BCUT2D eigenvalue weighted by molar-refractivity contribution is 7.99. The van der Waals surface area contributed by atoms with Crippen LogP contribution in [0.4, 0.5) is 0 Å². The minimum Gasteiger partial charge on any atom is -0.382 e. The maximum Gasteiger partial charge on any atom is 0.0928 e. The molecule has 0 radical (unpaired) electrons. The predicted molar refractivity (Wildman–Crippen MR) is 70.2 cm³/mol. The van der Waals surface area contributed by atoms with E-state index in [0.29, 0.717) is 18.1 Å². The van der Waals surface area contributed by atoms with Crippen LogP contribution < -0.4 is 5.32 Å². The van der Waals surface area contributed by atoms with Gasteiger partial charge in [-0.05, 0) is 17.6 Å². The van der Waals surface area contributed by atoms with Crippen molar-refractivity contribution >= 4 is 11.8 Å². The molecule has 2 unspecified atom stereocenters. The van der Waals surface area contributed by atoms with Gasteiger partial charge in [0, 0.05) is 32.6 Å². The lowest BCUT2D eigenvalue weighted by molar-refractivity contribution is 0.0248. The SMILES string of the molecule is COCC(CNC1CSCCC1(C)C)OC. The van der Waals surface area contributed by atoms with Crippen LogP contribution >= 0.6 is 11.8 Å². The first-order valence-electron chi connectivity index (χ1n) is 5.93. The van der Waals surface area contributed by atoms with Gasteiger partial charge >= 0.3 is 0 Å². The minimum atomic E-state index is 0.160. The molecule has 1 saturated heterocycles. The molecular formula is C12H25NO2S. The highest BCUT2D eigenvalue weighted by Gasteiger charge is 2.32. The van der Waals surface area contributed by atoms with Crippen LogP contribution in [0.15, 0.2) is 0 Å². The number of nitrogens with one attached hydrogen (secondary N) is 1. The van der Waals surface area contributed by atoms with Gasteiger partial charge in [-0.15, -0.1) is 0 Å². The Hall–Kier alpha value is 0.230. The lowest BCUT2D eigenvalue weighted by atomic mass is 9.82. The van der Waals surface area contributed by atoms with E-state index in [1.165, 1.54) is 17.9 Å². The first kappa shape index (κ1) is 14.3. The molecule has 1 fully saturated rings. The van der Waals surface area contributed by atoms with Crippen LogP contribution in [-0.4, -0.2) is 51.0 Å². The summed E-state index contributed by atoms with van der Waals surface area (Å²) in [4.78, 5) is 0. The van der Waals surface area contributed by atoms with Crippen molar-refractivity contribution in [3.05, 3.63) is 0 Å². The van der Waals surface area contributed by atoms with Gasteiger partial charge in [-0.2, -0.15) is 11.8 Å². The van der Waals surface area contributed by atoms with Crippen LogP contribution in [0.1, 0.15) is 20.3 Å². The van der Waals surface area contributed by atoms with Crippen LogP contribution in [-0.2, 0) is 9.47 Å². The highest BCUT2D eigenvalue weighted by Crippen LogP contribution is 2.34. The Morgan fingerprint density at radius 3 is 2.75 bits per heavy atom. The van der Waals surface area contributed by atoms with Crippen LogP contribution in [0.3, 0.4) is 0 Å². The second-order valence-electron chi connectivity index (χ2n) is 5.09. The molecule has 3 nitrogen and oxygen atoms in total. The summed E-state index contributed by atoms with van der Waals surface area (Å²) < 4.78 is 10.5. The zero-order valence-corrected chi connectivity index (χ0v) is 11.7. The van der Waals surface area contributed by atoms with E-state index in [4.69, 9.17) is 9.47 Å². The van der Waals surface area contributed by atoms with Crippen molar-refractivity contribution in [1.82, 2.24) is 5.32 Å². The first-order valence-corrected chi connectivity index (χ1v) is 7.08. The number of rotatable bonds is 6. The van der Waals surface area contributed by atoms with Crippen molar-refractivity contribution in [3.8, 4) is 0 Å². The van der Waals surface area contributed by atoms with Crippen molar-refractivity contribution in [1.29, 1.82) is 0 Å². The third-order valence-electron chi connectivity index (χ3n) is 3.40. The van der Waals surface area contributed by atoms with Gasteiger partial charge in [-0.1, -0.05) is 13.8 Å². The third-order valence-corrected chi connectivity index (χ3v) is 4.46. The molecule has 0 bridgehead atoms. The fourth-order valence-corrected chi connectivity index (χ4v) is 3.58. The van der Waals surface area contributed by atoms with Crippen LogP contribution in [0.2, 0.25) is 0 Å². The average molecular weight is 247 g/mol. The zero-order valence-electron chi connectivity index (χ0n) is 10.9. The number of thioether (sulfide) groups is 1. The molecule has 0 aliphatic carbocycles. The molecule has 1 N–H and O–H groups in total. The van der Waals surface area contributed by atoms with Crippen molar-refractivity contribution in [3.63, 3.8) is 0 Å². The Morgan fingerprint density at radius 2 is 2.19 bits per heavy atom. The van der Waals surface area contributed by atoms with Crippen molar-refractivity contribution < 1.29 is 9.47 Å². The summed E-state index contributed by atoms with van der Waals surface area (Å²) in [6.45, 7) is 6.23. The van der Waals surface area contributed by atoms with E-state index in [1.807, 2.05) is 11.8 Å². The molecule has 1 heterocycles. The van der Waals surface area contributed by atoms with Crippen molar-refractivity contribution in [2.45, 2.75) is 32.4 Å². The quantitative estimate of drug-likeness (QED) is 0.775. The molecule has 0 aromatic carbocycles. The fourth-order valence-electron chi connectivity index (χ4n) is 1.94. The Labute approximate surface area is 104 Å². The summed E-state index contributed by atoms with van der Waals surface area (Å²) in [6, 6.07) is 0.584. The minimum absolute atomic E-state index is 0.160. The number of hydrogen-bond donors (Lipinski definition) is 1. The molecule has 2 atom stereocenters. The molecule has 16 heavy (non-hydrogen) atoms. The Kier molecular flexibility index (Phi) is 6.11. The van der Waals surface area contributed by atoms with Crippen molar-refractivity contribution in [2.24, 2.45) is 5.41 Å². The van der Waals surface area contributed by atoms with Crippen molar-refractivity contribution in [2.75, 3.05) is 38.9 Å². The number of ether oxygens (including phenoxy) is 2. The molecule has 1 aliphatic rings.